The van der Waals surface area contributed by atoms with Crippen LogP contribution in [0.25, 0.3) is 0 Å². The number of hydrogen-bond acceptors (Lipinski definition) is 4. The van der Waals surface area contributed by atoms with Gasteiger partial charge in [0, 0.05) is 25.7 Å². The number of hydrogen-bond donors (Lipinski definition) is 1. The average molecular weight is 277 g/mol. The molecular formula is C14H19N3O3. The lowest BCUT2D eigenvalue weighted by molar-refractivity contribution is -0.385. The lowest BCUT2D eigenvalue weighted by atomic mass is 9.98. The van der Waals surface area contributed by atoms with Crippen LogP contribution in [0, 0.1) is 17.0 Å². The predicted octanol–water partition coefficient (Wildman–Crippen LogP) is 1.73. The highest BCUT2D eigenvalue weighted by Crippen LogP contribution is 2.25. The molecule has 1 N–H and O–H groups in total. The van der Waals surface area contributed by atoms with Crippen LogP contribution in [0.5, 0.6) is 0 Å². The number of nitrogens with one attached hydrogen (secondary N) is 1. The second-order valence-electron chi connectivity index (χ2n) is 5.72. The molecular weight excluding hydrogens is 258 g/mol. The number of benzene rings is 1. The van der Waals surface area contributed by atoms with Gasteiger partial charge in [0.1, 0.15) is 5.56 Å². The minimum absolute atomic E-state index is 0.130. The summed E-state index contributed by atoms with van der Waals surface area (Å²) in [5.74, 6) is -0.271. The number of nitro groups is 1. The number of piperazine rings is 1. The molecule has 6 heteroatoms. The smallest absolute Gasteiger partial charge is 0.282 e. The Labute approximate surface area is 117 Å². The molecule has 1 aromatic rings. The highest BCUT2D eigenvalue weighted by atomic mass is 16.6. The van der Waals surface area contributed by atoms with Gasteiger partial charge >= 0.3 is 0 Å². The van der Waals surface area contributed by atoms with E-state index in [1.165, 1.54) is 6.07 Å². The monoisotopic (exact) mass is 277 g/mol. The van der Waals surface area contributed by atoms with Crippen LogP contribution in [-0.4, -0.2) is 40.9 Å². The van der Waals surface area contributed by atoms with Crippen LogP contribution in [0.15, 0.2) is 18.2 Å². The first kappa shape index (κ1) is 14.5. The second-order valence-corrected chi connectivity index (χ2v) is 5.72. The van der Waals surface area contributed by atoms with Crippen molar-refractivity contribution in [2.45, 2.75) is 26.3 Å². The summed E-state index contributed by atoms with van der Waals surface area (Å²) < 4.78 is 0. The molecule has 1 aromatic carbocycles. The highest BCUT2D eigenvalue weighted by Gasteiger charge is 2.36. The zero-order valence-electron chi connectivity index (χ0n) is 12.0. The summed E-state index contributed by atoms with van der Waals surface area (Å²) in [5, 5.41) is 14.3. The molecule has 1 aliphatic heterocycles. The van der Waals surface area contributed by atoms with E-state index in [0.29, 0.717) is 19.6 Å². The third-order valence-corrected chi connectivity index (χ3v) is 3.62. The maximum Gasteiger partial charge on any atom is 0.282 e. The largest absolute Gasteiger partial charge is 0.331 e. The van der Waals surface area contributed by atoms with Crippen molar-refractivity contribution in [2.24, 2.45) is 0 Å². The van der Waals surface area contributed by atoms with E-state index in [4.69, 9.17) is 0 Å². The summed E-state index contributed by atoms with van der Waals surface area (Å²) in [7, 11) is 0. The van der Waals surface area contributed by atoms with Crippen molar-refractivity contribution >= 4 is 11.6 Å². The third kappa shape index (κ3) is 2.65. The predicted molar refractivity (Wildman–Crippen MR) is 75.8 cm³/mol. The molecule has 1 saturated heterocycles. The van der Waals surface area contributed by atoms with E-state index >= 15 is 0 Å². The standard InChI is InChI=1S/C14H19N3O3/c1-10-4-5-12(17(19)20)11(8-10)13(18)16-7-6-15-9-14(16,2)3/h4-5,8,15H,6-7,9H2,1-3H3. The molecule has 0 bridgehead atoms. The highest BCUT2D eigenvalue weighted by molar-refractivity contribution is 5.98. The van der Waals surface area contributed by atoms with Crippen LogP contribution < -0.4 is 5.32 Å². The van der Waals surface area contributed by atoms with Gasteiger partial charge in [-0.3, -0.25) is 14.9 Å². The molecule has 0 aliphatic carbocycles. The minimum Gasteiger partial charge on any atom is -0.331 e. The van der Waals surface area contributed by atoms with Gasteiger partial charge in [-0.1, -0.05) is 6.07 Å². The molecule has 1 aliphatic rings. The topological polar surface area (TPSA) is 75.5 Å². The number of carbonyl (C=O) groups is 1. The molecule has 1 fully saturated rings. The van der Waals surface area contributed by atoms with Crippen molar-refractivity contribution in [3.63, 3.8) is 0 Å². The molecule has 20 heavy (non-hydrogen) atoms. The van der Waals surface area contributed by atoms with E-state index in [0.717, 1.165) is 5.56 Å². The molecule has 0 spiro atoms. The van der Waals surface area contributed by atoms with E-state index in [1.54, 1.807) is 17.0 Å². The number of nitro benzene ring substituents is 1. The van der Waals surface area contributed by atoms with E-state index in [-0.39, 0.29) is 22.7 Å². The molecule has 0 saturated carbocycles. The molecule has 6 nitrogen and oxygen atoms in total. The van der Waals surface area contributed by atoms with Gasteiger partial charge in [-0.2, -0.15) is 0 Å². The van der Waals surface area contributed by atoms with Crippen LogP contribution in [0.4, 0.5) is 5.69 Å². The first-order valence-corrected chi connectivity index (χ1v) is 6.61. The Balaban J connectivity index is 2.42. The summed E-state index contributed by atoms with van der Waals surface area (Å²) in [6, 6.07) is 4.65. The van der Waals surface area contributed by atoms with Crippen molar-refractivity contribution in [2.75, 3.05) is 19.6 Å². The van der Waals surface area contributed by atoms with E-state index in [1.807, 2.05) is 20.8 Å². The number of amides is 1. The van der Waals surface area contributed by atoms with Gasteiger partial charge in [0.25, 0.3) is 11.6 Å². The van der Waals surface area contributed by atoms with Crippen LogP contribution in [0.1, 0.15) is 29.8 Å². The Morgan fingerprint density at radius 3 is 2.75 bits per heavy atom. The quantitative estimate of drug-likeness (QED) is 0.660. The van der Waals surface area contributed by atoms with Crippen LogP contribution in [0.2, 0.25) is 0 Å². The number of rotatable bonds is 2. The summed E-state index contributed by atoms with van der Waals surface area (Å²) >= 11 is 0. The van der Waals surface area contributed by atoms with E-state index in [9.17, 15) is 14.9 Å². The summed E-state index contributed by atoms with van der Waals surface area (Å²) in [4.78, 5) is 25.0. The van der Waals surface area contributed by atoms with Crippen molar-refractivity contribution < 1.29 is 9.72 Å². The first-order valence-electron chi connectivity index (χ1n) is 6.61. The van der Waals surface area contributed by atoms with E-state index < -0.39 is 4.92 Å². The molecule has 0 atom stereocenters. The molecule has 108 valence electrons. The van der Waals surface area contributed by atoms with Crippen molar-refractivity contribution in [3.8, 4) is 0 Å². The van der Waals surface area contributed by atoms with Gasteiger partial charge in [-0.05, 0) is 32.4 Å². The molecule has 2 rings (SSSR count). The van der Waals surface area contributed by atoms with Crippen molar-refractivity contribution in [1.82, 2.24) is 10.2 Å². The third-order valence-electron chi connectivity index (χ3n) is 3.62. The maximum atomic E-state index is 12.7. The van der Waals surface area contributed by atoms with Crippen LogP contribution in [-0.2, 0) is 0 Å². The number of nitrogens with zero attached hydrogens (tertiary/aromatic N) is 2. The Morgan fingerprint density at radius 1 is 1.45 bits per heavy atom. The first-order chi connectivity index (χ1) is 9.33. The summed E-state index contributed by atoms with van der Waals surface area (Å²) in [6.07, 6.45) is 0. The van der Waals surface area contributed by atoms with Gasteiger partial charge in [-0.25, -0.2) is 0 Å². The number of carbonyl (C=O) groups excluding carboxylic acids is 1. The van der Waals surface area contributed by atoms with E-state index in [2.05, 4.69) is 5.32 Å². The second kappa shape index (κ2) is 5.20. The molecule has 0 radical (unpaired) electrons. The Kier molecular flexibility index (Phi) is 3.76. The molecule has 1 amide bonds. The van der Waals surface area contributed by atoms with Gasteiger partial charge in [0.2, 0.25) is 0 Å². The molecule has 0 aromatic heterocycles. The fraction of sp³-hybridized carbons (Fsp3) is 0.500. The summed E-state index contributed by atoms with van der Waals surface area (Å²) in [5.41, 5.74) is 0.527. The Bertz CT molecular complexity index is 555. The fourth-order valence-electron chi connectivity index (χ4n) is 2.49. The minimum atomic E-state index is -0.498. The lowest BCUT2D eigenvalue weighted by Gasteiger charge is -2.42. The zero-order valence-corrected chi connectivity index (χ0v) is 12.0. The fourth-order valence-corrected chi connectivity index (χ4v) is 2.49. The van der Waals surface area contributed by atoms with Crippen molar-refractivity contribution in [3.05, 3.63) is 39.4 Å². The van der Waals surface area contributed by atoms with Crippen LogP contribution in [0.3, 0.4) is 0 Å². The Morgan fingerprint density at radius 2 is 2.15 bits per heavy atom. The molecule has 0 unspecified atom stereocenters. The van der Waals surface area contributed by atoms with Crippen LogP contribution >= 0.6 is 0 Å². The molecule has 1 heterocycles. The lowest BCUT2D eigenvalue weighted by Crippen LogP contribution is -2.59. The average Bonchev–Trinajstić information content (AvgIpc) is 2.37. The normalized spacial score (nSPS) is 17.9. The SMILES string of the molecule is Cc1ccc([N+](=O)[O-])c(C(=O)N2CCNCC2(C)C)c1. The number of aryl methyl sites for hydroxylation is 1. The van der Waals surface area contributed by atoms with Gasteiger partial charge < -0.3 is 10.2 Å². The Hall–Kier alpha value is -1.95. The summed E-state index contributed by atoms with van der Waals surface area (Å²) in [6.45, 7) is 7.67. The van der Waals surface area contributed by atoms with Gasteiger partial charge in [-0.15, -0.1) is 0 Å². The van der Waals surface area contributed by atoms with Gasteiger partial charge in [0.15, 0.2) is 0 Å². The maximum absolute atomic E-state index is 12.7. The zero-order chi connectivity index (χ0) is 14.9. The van der Waals surface area contributed by atoms with Crippen molar-refractivity contribution in [1.29, 1.82) is 0 Å². The van der Waals surface area contributed by atoms with Gasteiger partial charge in [0.05, 0.1) is 10.5 Å².